The monoisotopic (exact) mass is 444 g/mol. The zero-order chi connectivity index (χ0) is 22.6. The van der Waals surface area contributed by atoms with Gasteiger partial charge in [0, 0.05) is 19.7 Å². The summed E-state index contributed by atoms with van der Waals surface area (Å²) in [6.45, 7) is 1.61. The summed E-state index contributed by atoms with van der Waals surface area (Å²) < 4.78 is 36.7. The quantitative estimate of drug-likeness (QED) is 0.525. The second-order valence-corrected chi connectivity index (χ2v) is 9.11. The Labute approximate surface area is 181 Å². The number of aromatic nitrogens is 2. The van der Waals surface area contributed by atoms with Crippen molar-refractivity contribution in [1.82, 2.24) is 19.3 Å². The lowest BCUT2D eigenvalue weighted by molar-refractivity contribution is -0.130. The predicted molar refractivity (Wildman–Crippen MR) is 114 cm³/mol. The number of likely N-dealkylation sites (N-methyl/N-ethyl adjacent to an activating group) is 2. The molecule has 0 unspecified atom stereocenters. The largest absolute Gasteiger partial charge is 0.497 e. The molecule has 0 atom stereocenters. The zero-order valence-corrected chi connectivity index (χ0v) is 18.6. The van der Waals surface area contributed by atoms with Crippen LogP contribution in [0, 0.1) is 6.92 Å². The molecule has 3 aromatic rings. The molecule has 164 valence electrons. The lowest BCUT2D eigenvalue weighted by Crippen LogP contribution is -2.39. The maximum Gasteiger partial charge on any atom is 0.246 e. The van der Waals surface area contributed by atoms with Gasteiger partial charge < -0.3 is 14.2 Å². The number of amides is 1. The molecule has 1 aromatic heterocycles. The van der Waals surface area contributed by atoms with E-state index in [2.05, 4.69) is 10.1 Å². The van der Waals surface area contributed by atoms with Gasteiger partial charge >= 0.3 is 0 Å². The molecule has 0 aliphatic heterocycles. The Kier molecular flexibility index (Phi) is 6.71. The molecule has 3 rings (SSSR count). The third-order valence-electron chi connectivity index (χ3n) is 4.70. The van der Waals surface area contributed by atoms with Crippen molar-refractivity contribution in [1.29, 1.82) is 0 Å². The first-order valence-corrected chi connectivity index (χ1v) is 10.9. The first-order valence-electron chi connectivity index (χ1n) is 9.44. The van der Waals surface area contributed by atoms with Gasteiger partial charge in [0.05, 0.1) is 25.1 Å². The average Bonchev–Trinajstić information content (AvgIpc) is 3.22. The Morgan fingerprint density at radius 2 is 1.71 bits per heavy atom. The molecular weight excluding hydrogens is 420 g/mol. The van der Waals surface area contributed by atoms with Crippen molar-refractivity contribution in [3.63, 3.8) is 0 Å². The van der Waals surface area contributed by atoms with Crippen LogP contribution in [0.15, 0.2) is 57.9 Å². The molecule has 0 spiro atoms. The van der Waals surface area contributed by atoms with Crippen molar-refractivity contribution in [2.24, 2.45) is 0 Å². The Morgan fingerprint density at radius 1 is 1.06 bits per heavy atom. The van der Waals surface area contributed by atoms with E-state index < -0.39 is 15.9 Å². The molecule has 10 heteroatoms. The lowest BCUT2D eigenvalue weighted by atomic mass is 10.2. The summed E-state index contributed by atoms with van der Waals surface area (Å²) >= 11 is 0. The molecule has 2 aromatic carbocycles. The summed E-state index contributed by atoms with van der Waals surface area (Å²) in [6.07, 6.45) is 0. The first kappa shape index (κ1) is 22.4. The summed E-state index contributed by atoms with van der Waals surface area (Å²) in [4.78, 5) is 18.3. The van der Waals surface area contributed by atoms with E-state index in [4.69, 9.17) is 9.26 Å². The maximum atomic E-state index is 12.7. The number of hydrogen-bond donors (Lipinski definition) is 0. The van der Waals surface area contributed by atoms with Gasteiger partial charge in [0.1, 0.15) is 5.75 Å². The minimum Gasteiger partial charge on any atom is -0.497 e. The summed E-state index contributed by atoms with van der Waals surface area (Å²) in [5.74, 6) is 0.938. The number of carbonyl (C=O) groups is 1. The number of nitrogens with zero attached hydrogens (tertiary/aromatic N) is 4. The molecule has 0 fully saturated rings. The molecule has 0 N–H and O–H groups in total. The van der Waals surface area contributed by atoms with Gasteiger partial charge in [0.25, 0.3) is 0 Å². The molecule has 0 saturated carbocycles. The summed E-state index contributed by atoms with van der Waals surface area (Å²) in [6, 6.07) is 13.6. The minimum absolute atomic E-state index is 0.0560. The van der Waals surface area contributed by atoms with E-state index >= 15 is 0 Å². The predicted octanol–water partition coefficient (Wildman–Crippen LogP) is 2.33. The molecule has 0 bridgehead atoms. The molecule has 1 heterocycles. The Bertz CT molecular complexity index is 1140. The zero-order valence-electron chi connectivity index (χ0n) is 17.8. The van der Waals surface area contributed by atoms with E-state index in [-0.39, 0.29) is 23.9 Å². The standard InChI is InChI=1S/C21H24N4O5S/c1-15-5-11-18(12-6-15)31(27,28)25(3)14-20(26)24(2)13-19-22-21(23-30-19)16-7-9-17(29-4)10-8-16/h5-12H,13-14H2,1-4H3. The molecule has 0 aliphatic carbocycles. The van der Waals surface area contributed by atoms with E-state index in [1.54, 1.807) is 50.6 Å². The number of hydrogen-bond acceptors (Lipinski definition) is 7. The number of carbonyl (C=O) groups excluding carboxylic acids is 1. The number of aryl methyl sites for hydroxylation is 1. The van der Waals surface area contributed by atoms with Gasteiger partial charge in [-0.1, -0.05) is 22.9 Å². The summed E-state index contributed by atoms with van der Waals surface area (Å²) in [5.41, 5.74) is 1.69. The Hall–Kier alpha value is -3.24. The molecule has 0 radical (unpaired) electrons. The van der Waals surface area contributed by atoms with Crippen LogP contribution in [0.4, 0.5) is 0 Å². The topological polar surface area (TPSA) is 106 Å². The molecule has 0 saturated heterocycles. The van der Waals surface area contributed by atoms with Gasteiger partial charge in [-0.15, -0.1) is 0 Å². The van der Waals surface area contributed by atoms with Crippen LogP contribution in [0.3, 0.4) is 0 Å². The van der Waals surface area contributed by atoms with Gasteiger partial charge in [-0.25, -0.2) is 8.42 Å². The smallest absolute Gasteiger partial charge is 0.246 e. The third kappa shape index (κ3) is 5.28. The molecule has 0 aliphatic rings. The van der Waals surface area contributed by atoms with E-state index in [0.29, 0.717) is 11.6 Å². The highest BCUT2D eigenvalue weighted by Crippen LogP contribution is 2.20. The fraction of sp³-hybridized carbons (Fsp3) is 0.286. The number of ether oxygens (including phenoxy) is 1. The number of rotatable bonds is 8. The van der Waals surface area contributed by atoms with Crippen molar-refractivity contribution in [3.8, 4) is 17.1 Å². The highest BCUT2D eigenvalue weighted by molar-refractivity contribution is 7.89. The first-order chi connectivity index (χ1) is 14.7. The van der Waals surface area contributed by atoms with Gasteiger partial charge in [0.2, 0.25) is 27.6 Å². The molecule has 9 nitrogen and oxygen atoms in total. The minimum atomic E-state index is -3.77. The van der Waals surface area contributed by atoms with Crippen molar-refractivity contribution in [2.45, 2.75) is 18.4 Å². The molecular formula is C21H24N4O5S. The van der Waals surface area contributed by atoms with Crippen molar-refractivity contribution in [2.75, 3.05) is 27.7 Å². The van der Waals surface area contributed by atoms with Crippen molar-refractivity contribution >= 4 is 15.9 Å². The lowest BCUT2D eigenvalue weighted by Gasteiger charge is -2.20. The number of benzene rings is 2. The van der Waals surface area contributed by atoms with Gasteiger partial charge in [-0.05, 0) is 43.3 Å². The SMILES string of the molecule is COc1ccc(-c2noc(CN(C)C(=O)CN(C)S(=O)(=O)c3ccc(C)cc3)n2)cc1. The normalized spacial score (nSPS) is 11.5. The van der Waals surface area contributed by atoms with E-state index in [0.717, 1.165) is 15.4 Å². The number of methoxy groups -OCH3 is 1. The van der Waals surface area contributed by atoms with Crippen LogP contribution in [0.25, 0.3) is 11.4 Å². The average molecular weight is 445 g/mol. The third-order valence-corrected chi connectivity index (χ3v) is 6.52. The van der Waals surface area contributed by atoms with E-state index in [9.17, 15) is 13.2 Å². The van der Waals surface area contributed by atoms with Crippen LogP contribution in [0.2, 0.25) is 0 Å². The van der Waals surface area contributed by atoms with Crippen LogP contribution in [-0.4, -0.2) is 61.4 Å². The van der Waals surface area contributed by atoms with Crippen LogP contribution < -0.4 is 4.74 Å². The van der Waals surface area contributed by atoms with Crippen LogP contribution in [-0.2, 0) is 21.4 Å². The van der Waals surface area contributed by atoms with Crippen LogP contribution >= 0.6 is 0 Å². The van der Waals surface area contributed by atoms with E-state index in [1.165, 1.54) is 24.1 Å². The second-order valence-electron chi connectivity index (χ2n) is 7.06. The fourth-order valence-corrected chi connectivity index (χ4v) is 3.87. The summed E-state index contributed by atoms with van der Waals surface area (Å²) in [7, 11) is 0.728. The fourth-order valence-electron chi connectivity index (χ4n) is 2.75. The van der Waals surface area contributed by atoms with Gasteiger partial charge in [-0.3, -0.25) is 4.79 Å². The highest BCUT2D eigenvalue weighted by Gasteiger charge is 2.25. The van der Waals surface area contributed by atoms with E-state index in [1.807, 2.05) is 6.92 Å². The number of sulfonamides is 1. The highest BCUT2D eigenvalue weighted by atomic mass is 32.2. The molecule has 31 heavy (non-hydrogen) atoms. The van der Waals surface area contributed by atoms with Crippen LogP contribution in [0.5, 0.6) is 5.75 Å². The second kappa shape index (κ2) is 9.27. The van der Waals surface area contributed by atoms with Gasteiger partial charge in [-0.2, -0.15) is 9.29 Å². The molecule has 1 amide bonds. The maximum absolute atomic E-state index is 12.7. The summed E-state index contributed by atoms with van der Waals surface area (Å²) in [5, 5.41) is 3.93. The van der Waals surface area contributed by atoms with Gasteiger partial charge in [0.15, 0.2) is 0 Å². The Morgan fingerprint density at radius 3 is 2.32 bits per heavy atom. The van der Waals surface area contributed by atoms with Crippen molar-refractivity contribution in [3.05, 3.63) is 60.0 Å². The van der Waals surface area contributed by atoms with Crippen molar-refractivity contribution < 1.29 is 22.5 Å². The Balaban J connectivity index is 1.62. The van der Waals surface area contributed by atoms with Crippen LogP contribution in [0.1, 0.15) is 11.5 Å².